The quantitative estimate of drug-likeness (QED) is 0.512. The van der Waals surface area contributed by atoms with E-state index in [-0.39, 0.29) is 32.9 Å². The van der Waals surface area contributed by atoms with Crippen LogP contribution in [0, 0.1) is 0 Å². The summed E-state index contributed by atoms with van der Waals surface area (Å²) in [7, 11) is 0. The minimum Gasteiger partial charge on any atom is -0.412 e. The van der Waals surface area contributed by atoms with Crippen molar-refractivity contribution in [1.29, 1.82) is 0 Å². The molecule has 6 nitrogen and oxygen atoms in total. The average molecular weight is 278 g/mol. The highest BCUT2D eigenvalue weighted by Crippen LogP contribution is 2.09. The van der Waals surface area contributed by atoms with Gasteiger partial charge in [-0.05, 0) is 0 Å². The lowest BCUT2D eigenvalue weighted by atomic mass is 10.1. The lowest BCUT2D eigenvalue weighted by Crippen LogP contribution is -1.80. The second kappa shape index (κ2) is 43.7. The van der Waals surface area contributed by atoms with E-state index in [2.05, 4.69) is 13.8 Å². The molecule has 0 aliphatic carbocycles. The molecule has 0 aromatic rings. The van der Waals surface area contributed by atoms with E-state index in [0.717, 1.165) is 0 Å². The van der Waals surface area contributed by atoms with E-state index < -0.39 is 0 Å². The zero-order valence-electron chi connectivity index (χ0n) is 12.1. The predicted molar refractivity (Wildman–Crippen MR) is 79.2 cm³/mol. The van der Waals surface area contributed by atoms with Crippen molar-refractivity contribution in [3.05, 3.63) is 0 Å². The summed E-state index contributed by atoms with van der Waals surface area (Å²) in [5.41, 5.74) is 0. The summed E-state index contributed by atoms with van der Waals surface area (Å²) in [4.78, 5) is 0. The molecule has 0 rings (SSSR count). The van der Waals surface area contributed by atoms with Crippen molar-refractivity contribution < 1.29 is 32.9 Å². The van der Waals surface area contributed by atoms with Crippen molar-refractivity contribution >= 4 is 0 Å². The van der Waals surface area contributed by atoms with Gasteiger partial charge in [0.1, 0.15) is 0 Å². The van der Waals surface area contributed by atoms with Gasteiger partial charge in [-0.1, -0.05) is 78.1 Å². The second-order valence-electron chi connectivity index (χ2n) is 3.83. The fourth-order valence-electron chi connectivity index (χ4n) is 1.56. The third-order valence-corrected chi connectivity index (χ3v) is 2.46. The van der Waals surface area contributed by atoms with Gasteiger partial charge >= 0.3 is 0 Å². The van der Waals surface area contributed by atoms with Crippen LogP contribution in [0.1, 0.15) is 78.1 Å². The summed E-state index contributed by atoms with van der Waals surface area (Å²) in [6.45, 7) is 4.56. The van der Waals surface area contributed by atoms with Crippen molar-refractivity contribution in [3.8, 4) is 0 Å². The molecule has 0 fully saturated rings. The average Bonchev–Trinajstić information content (AvgIpc) is 2.10. The van der Waals surface area contributed by atoms with E-state index in [4.69, 9.17) is 0 Å². The summed E-state index contributed by atoms with van der Waals surface area (Å²) in [5, 5.41) is 0. The zero-order chi connectivity index (χ0) is 9.07. The van der Waals surface area contributed by atoms with Crippen LogP contribution in [0.25, 0.3) is 0 Å². The Morgan fingerprint density at radius 2 is 0.500 bits per heavy atom. The molecule has 0 aromatic heterocycles. The Balaban J connectivity index is -0.0000000403. The number of hydrogen-bond donors (Lipinski definition) is 0. The zero-order valence-corrected chi connectivity index (χ0v) is 12.1. The second-order valence-corrected chi connectivity index (χ2v) is 3.83. The highest BCUT2D eigenvalue weighted by atomic mass is 16.0. The minimum atomic E-state index is 0. The van der Waals surface area contributed by atoms with Crippen LogP contribution in [-0.4, -0.2) is 32.9 Å². The lowest BCUT2D eigenvalue weighted by Gasteiger charge is -1.99. The van der Waals surface area contributed by atoms with Gasteiger partial charge in [0.2, 0.25) is 0 Å². The van der Waals surface area contributed by atoms with Gasteiger partial charge in [-0.2, -0.15) is 0 Å². The third-order valence-electron chi connectivity index (χ3n) is 2.46. The van der Waals surface area contributed by atoms with Gasteiger partial charge in [0.25, 0.3) is 0 Å². The van der Waals surface area contributed by atoms with Crippen LogP contribution in [-0.2, 0) is 0 Å². The Labute approximate surface area is 112 Å². The summed E-state index contributed by atoms with van der Waals surface area (Å²) in [5.74, 6) is 0. The Morgan fingerprint density at radius 3 is 0.667 bits per heavy atom. The summed E-state index contributed by atoms with van der Waals surface area (Å²) < 4.78 is 0. The summed E-state index contributed by atoms with van der Waals surface area (Å²) >= 11 is 0. The molecule has 0 saturated carbocycles. The number of rotatable bonds is 9. The lowest BCUT2D eigenvalue weighted by molar-refractivity contribution is 0.562. The van der Waals surface area contributed by atoms with Gasteiger partial charge in [0.15, 0.2) is 0 Å². The highest BCUT2D eigenvalue weighted by molar-refractivity contribution is 4.45. The van der Waals surface area contributed by atoms with Gasteiger partial charge in [-0.3, -0.25) is 0 Å². The Morgan fingerprint density at radius 1 is 0.333 bits per heavy atom. The molecule has 6 heteroatoms. The van der Waals surface area contributed by atoms with Crippen LogP contribution < -0.4 is 0 Å². The van der Waals surface area contributed by atoms with Crippen LogP contribution in [0.5, 0.6) is 0 Å². The van der Waals surface area contributed by atoms with Crippen LogP contribution in [0.2, 0.25) is 0 Å². The SMILES string of the molecule is CCCCCCCCCCCC.O.O.O.O.O.O. The van der Waals surface area contributed by atoms with Crippen LogP contribution in [0.3, 0.4) is 0 Å². The van der Waals surface area contributed by atoms with Crippen LogP contribution >= 0.6 is 0 Å². The number of unbranched alkanes of at least 4 members (excludes halogenated alkanes) is 9. The van der Waals surface area contributed by atoms with Gasteiger partial charge < -0.3 is 32.9 Å². The first-order chi connectivity index (χ1) is 5.91. The molecule has 0 spiro atoms. The molecule has 0 bridgehead atoms. The van der Waals surface area contributed by atoms with E-state index in [1.165, 1.54) is 64.2 Å². The molecule has 0 saturated heterocycles. The standard InChI is InChI=1S/C12H26.6H2O/c1-3-5-7-9-11-12-10-8-6-4-2;;;;;;/h3-12H2,1-2H3;6*1H2. The van der Waals surface area contributed by atoms with Gasteiger partial charge in [-0.25, -0.2) is 0 Å². The molecule has 0 radical (unpaired) electrons. The van der Waals surface area contributed by atoms with Crippen molar-refractivity contribution in [2.45, 2.75) is 78.1 Å². The molecule has 0 atom stereocenters. The van der Waals surface area contributed by atoms with Crippen LogP contribution in [0.15, 0.2) is 0 Å². The highest BCUT2D eigenvalue weighted by Gasteiger charge is 1.90. The number of hydrogen-bond acceptors (Lipinski definition) is 0. The van der Waals surface area contributed by atoms with Gasteiger partial charge in [-0.15, -0.1) is 0 Å². The molecule has 0 unspecified atom stereocenters. The summed E-state index contributed by atoms with van der Waals surface area (Å²) in [6, 6.07) is 0. The maximum atomic E-state index is 2.28. The van der Waals surface area contributed by atoms with Crippen LogP contribution in [0.4, 0.5) is 0 Å². The molecule has 0 heterocycles. The van der Waals surface area contributed by atoms with E-state index in [0.29, 0.717) is 0 Å². The van der Waals surface area contributed by atoms with E-state index in [1.807, 2.05) is 0 Å². The first-order valence-corrected chi connectivity index (χ1v) is 5.91. The Hall–Kier alpha value is -0.240. The first-order valence-electron chi connectivity index (χ1n) is 5.91. The Bertz CT molecular complexity index is 73.0. The van der Waals surface area contributed by atoms with Gasteiger partial charge in [0.05, 0.1) is 0 Å². The fourth-order valence-corrected chi connectivity index (χ4v) is 1.56. The molecule has 0 aromatic carbocycles. The molecule has 0 aliphatic rings. The fraction of sp³-hybridized carbons (Fsp3) is 1.00. The van der Waals surface area contributed by atoms with E-state index >= 15 is 0 Å². The minimum absolute atomic E-state index is 0. The smallest absolute Gasteiger partial charge is 0.0533 e. The molecular weight excluding hydrogens is 240 g/mol. The van der Waals surface area contributed by atoms with E-state index in [9.17, 15) is 0 Å². The summed E-state index contributed by atoms with van der Waals surface area (Å²) in [6.07, 6.45) is 14.4. The Kier molecular flexibility index (Phi) is 105. The molecular formula is C12H38O6. The third kappa shape index (κ3) is 44.7. The molecule has 12 N–H and O–H groups in total. The maximum absolute atomic E-state index is 2.28. The van der Waals surface area contributed by atoms with E-state index in [1.54, 1.807) is 0 Å². The normalized spacial score (nSPS) is 7.00. The van der Waals surface area contributed by atoms with Crippen molar-refractivity contribution in [3.63, 3.8) is 0 Å². The molecule has 18 heavy (non-hydrogen) atoms. The molecule has 0 aliphatic heterocycles. The monoisotopic (exact) mass is 278 g/mol. The molecule has 122 valence electrons. The first kappa shape index (κ1) is 43.1. The topological polar surface area (TPSA) is 189 Å². The predicted octanol–water partition coefficient (Wildman–Crippen LogP) is -0.0210. The maximum Gasteiger partial charge on any atom is -0.0533 e. The molecule has 0 amide bonds. The van der Waals surface area contributed by atoms with Crippen molar-refractivity contribution in [2.75, 3.05) is 0 Å². The van der Waals surface area contributed by atoms with Crippen molar-refractivity contribution in [2.24, 2.45) is 0 Å². The van der Waals surface area contributed by atoms with Crippen molar-refractivity contribution in [1.82, 2.24) is 0 Å². The van der Waals surface area contributed by atoms with Gasteiger partial charge in [0, 0.05) is 0 Å². The largest absolute Gasteiger partial charge is 0.412 e.